The Bertz CT molecular complexity index is 590. The Morgan fingerprint density at radius 1 is 1.50 bits per heavy atom. The van der Waals surface area contributed by atoms with Crippen LogP contribution in [-0.2, 0) is 14.8 Å². The summed E-state index contributed by atoms with van der Waals surface area (Å²) in [6.07, 6.45) is 0.596. The average Bonchev–Trinajstić information content (AvgIpc) is 2.38. The van der Waals surface area contributed by atoms with E-state index in [1.807, 2.05) is 0 Å². The van der Waals surface area contributed by atoms with Gasteiger partial charge < -0.3 is 10.5 Å². The zero-order chi connectivity index (χ0) is 15.3. The summed E-state index contributed by atoms with van der Waals surface area (Å²) in [4.78, 5) is 0.129. The van der Waals surface area contributed by atoms with Crippen molar-refractivity contribution in [3.8, 4) is 0 Å². The molecule has 0 amide bonds. The van der Waals surface area contributed by atoms with E-state index in [1.165, 1.54) is 23.5 Å². The molecule has 0 aliphatic heterocycles. The highest BCUT2D eigenvalue weighted by atomic mass is 35.5. The minimum atomic E-state index is -3.68. The number of thiocarbonyl (C=S) groups is 1. The molecule has 0 bridgehead atoms. The maximum absolute atomic E-state index is 12.4. The minimum absolute atomic E-state index is 0.00406. The molecule has 0 unspecified atom stereocenters. The lowest BCUT2D eigenvalue weighted by molar-refractivity contribution is 0.189. The largest absolute Gasteiger partial charge is 0.389 e. The third-order valence-corrected chi connectivity index (χ3v) is 5.30. The average molecular weight is 337 g/mol. The van der Waals surface area contributed by atoms with E-state index in [0.717, 1.165) is 0 Å². The lowest BCUT2D eigenvalue weighted by Crippen LogP contribution is -2.29. The van der Waals surface area contributed by atoms with Crippen molar-refractivity contribution < 1.29 is 13.2 Å². The molecule has 0 radical (unpaired) electrons. The molecule has 112 valence electrons. The van der Waals surface area contributed by atoms with Gasteiger partial charge in [0.2, 0.25) is 10.0 Å². The number of nitrogens with two attached hydrogens (primary N) is 1. The highest BCUT2D eigenvalue weighted by Gasteiger charge is 2.23. The van der Waals surface area contributed by atoms with E-state index < -0.39 is 10.0 Å². The summed E-state index contributed by atoms with van der Waals surface area (Å²) >= 11 is 10.8. The highest BCUT2D eigenvalue weighted by Crippen LogP contribution is 2.25. The first-order valence-electron chi connectivity index (χ1n) is 5.85. The van der Waals surface area contributed by atoms with Crippen molar-refractivity contribution in [2.75, 3.05) is 27.3 Å². The number of hydrogen-bond acceptors (Lipinski definition) is 4. The molecule has 0 saturated carbocycles. The fourth-order valence-electron chi connectivity index (χ4n) is 1.57. The third kappa shape index (κ3) is 4.13. The molecular formula is C12H17ClN2O3S2. The van der Waals surface area contributed by atoms with Crippen LogP contribution in [-0.4, -0.2) is 45.0 Å². The van der Waals surface area contributed by atoms with Crippen LogP contribution < -0.4 is 5.73 Å². The molecule has 8 heteroatoms. The molecule has 2 N–H and O–H groups in total. The Kier molecular flexibility index (Phi) is 6.35. The van der Waals surface area contributed by atoms with Crippen molar-refractivity contribution in [2.45, 2.75) is 11.3 Å². The van der Waals surface area contributed by atoms with Crippen LogP contribution in [0.1, 0.15) is 12.0 Å². The first-order chi connectivity index (χ1) is 9.30. The summed E-state index contributed by atoms with van der Waals surface area (Å²) in [6, 6.07) is 4.47. The molecule has 0 fully saturated rings. The fraction of sp³-hybridized carbons (Fsp3) is 0.417. The number of halogens is 1. The summed E-state index contributed by atoms with van der Waals surface area (Å²) in [5.74, 6) is 0. The van der Waals surface area contributed by atoms with Gasteiger partial charge >= 0.3 is 0 Å². The van der Waals surface area contributed by atoms with Crippen LogP contribution in [0.5, 0.6) is 0 Å². The zero-order valence-corrected chi connectivity index (χ0v) is 13.7. The predicted octanol–water partition coefficient (Wildman–Crippen LogP) is 1.63. The van der Waals surface area contributed by atoms with Gasteiger partial charge in [0.1, 0.15) is 9.88 Å². The number of ether oxygens (including phenoxy) is 1. The molecule has 0 saturated heterocycles. The molecule has 0 atom stereocenters. The van der Waals surface area contributed by atoms with Crippen LogP contribution in [0.3, 0.4) is 0 Å². The fourth-order valence-corrected chi connectivity index (χ4v) is 3.41. The molecule has 5 nitrogen and oxygen atoms in total. The smallest absolute Gasteiger partial charge is 0.244 e. The molecule has 0 aliphatic carbocycles. The standard InChI is InChI=1S/C12H17ClN2O3S2/c1-15(6-3-7-18-2)20(16,17)11-8-9(12(14)19)4-5-10(11)13/h4-5,8H,3,6-7H2,1-2H3,(H2,14,19). The van der Waals surface area contributed by atoms with E-state index in [1.54, 1.807) is 13.2 Å². The second-order valence-electron chi connectivity index (χ2n) is 4.18. The van der Waals surface area contributed by atoms with Crippen molar-refractivity contribution in [3.63, 3.8) is 0 Å². The van der Waals surface area contributed by atoms with E-state index >= 15 is 0 Å². The Morgan fingerprint density at radius 2 is 2.15 bits per heavy atom. The number of hydrogen-bond donors (Lipinski definition) is 1. The van der Waals surface area contributed by atoms with Crippen LogP contribution in [0.25, 0.3) is 0 Å². The molecule has 20 heavy (non-hydrogen) atoms. The summed E-state index contributed by atoms with van der Waals surface area (Å²) < 4.78 is 31.0. The van der Waals surface area contributed by atoms with Gasteiger partial charge in [-0.3, -0.25) is 0 Å². The molecule has 0 heterocycles. The van der Waals surface area contributed by atoms with Crippen LogP contribution in [0.15, 0.2) is 23.1 Å². The second-order valence-corrected chi connectivity index (χ2v) is 7.04. The van der Waals surface area contributed by atoms with Gasteiger partial charge in [0, 0.05) is 32.9 Å². The van der Waals surface area contributed by atoms with Gasteiger partial charge in [-0.1, -0.05) is 29.9 Å². The monoisotopic (exact) mass is 336 g/mol. The summed E-state index contributed by atoms with van der Waals surface area (Å²) in [5, 5.41) is 0.142. The van der Waals surface area contributed by atoms with Crippen molar-refractivity contribution in [2.24, 2.45) is 5.73 Å². The van der Waals surface area contributed by atoms with Crippen LogP contribution in [0.4, 0.5) is 0 Å². The second kappa shape index (κ2) is 7.33. The Balaban J connectivity index is 3.08. The van der Waals surface area contributed by atoms with Crippen molar-refractivity contribution in [1.82, 2.24) is 4.31 Å². The predicted molar refractivity (Wildman–Crippen MR) is 83.6 cm³/mol. The Labute approximate surface area is 129 Å². The molecule has 0 aliphatic rings. The number of rotatable bonds is 7. The minimum Gasteiger partial charge on any atom is -0.389 e. The van der Waals surface area contributed by atoms with Gasteiger partial charge in [0.25, 0.3) is 0 Å². The molecule has 1 aromatic carbocycles. The SMILES string of the molecule is COCCCN(C)S(=O)(=O)c1cc(C(N)=S)ccc1Cl. The van der Waals surface area contributed by atoms with Crippen LogP contribution in [0, 0.1) is 0 Å². The van der Waals surface area contributed by atoms with Gasteiger partial charge in [-0.05, 0) is 18.6 Å². The van der Waals surface area contributed by atoms with E-state index in [4.69, 9.17) is 34.3 Å². The first-order valence-corrected chi connectivity index (χ1v) is 8.08. The molecular weight excluding hydrogens is 320 g/mol. The van der Waals surface area contributed by atoms with Crippen molar-refractivity contribution in [3.05, 3.63) is 28.8 Å². The normalized spacial score (nSPS) is 11.8. The van der Waals surface area contributed by atoms with Gasteiger partial charge in [-0.25, -0.2) is 12.7 Å². The molecule has 1 aromatic rings. The highest BCUT2D eigenvalue weighted by molar-refractivity contribution is 7.89. The van der Waals surface area contributed by atoms with Crippen molar-refractivity contribution >= 4 is 38.8 Å². The number of benzene rings is 1. The summed E-state index contributed by atoms with van der Waals surface area (Å²) in [5.41, 5.74) is 5.98. The van der Waals surface area contributed by atoms with E-state index in [9.17, 15) is 8.42 Å². The topological polar surface area (TPSA) is 72.6 Å². The molecule has 1 rings (SSSR count). The van der Waals surface area contributed by atoms with E-state index in [0.29, 0.717) is 25.1 Å². The number of sulfonamides is 1. The number of methoxy groups -OCH3 is 1. The zero-order valence-electron chi connectivity index (χ0n) is 11.3. The quantitative estimate of drug-likeness (QED) is 0.605. The number of nitrogens with zero attached hydrogens (tertiary/aromatic N) is 1. The van der Waals surface area contributed by atoms with Gasteiger partial charge in [0.05, 0.1) is 5.02 Å². The summed E-state index contributed by atoms with van der Waals surface area (Å²) in [7, 11) is -0.614. The molecule has 0 spiro atoms. The van der Waals surface area contributed by atoms with Gasteiger partial charge in [0.15, 0.2) is 0 Å². The van der Waals surface area contributed by atoms with E-state index in [-0.39, 0.29) is 14.9 Å². The maximum atomic E-state index is 12.4. The Hall–Kier alpha value is -0.730. The lowest BCUT2D eigenvalue weighted by atomic mass is 10.2. The Morgan fingerprint density at radius 3 is 2.70 bits per heavy atom. The van der Waals surface area contributed by atoms with Crippen LogP contribution in [0.2, 0.25) is 5.02 Å². The van der Waals surface area contributed by atoms with Crippen molar-refractivity contribution in [1.29, 1.82) is 0 Å². The van der Waals surface area contributed by atoms with Crippen LogP contribution >= 0.6 is 23.8 Å². The maximum Gasteiger partial charge on any atom is 0.244 e. The van der Waals surface area contributed by atoms with E-state index in [2.05, 4.69) is 0 Å². The molecule has 0 aromatic heterocycles. The third-order valence-electron chi connectivity index (χ3n) is 2.73. The van der Waals surface area contributed by atoms with Gasteiger partial charge in [-0.2, -0.15) is 0 Å². The van der Waals surface area contributed by atoms with Gasteiger partial charge in [-0.15, -0.1) is 0 Å². The lowest BCUT2D eigenvalue weighted by Gasteiger charge is -2.18. The summed E-state index contributed by atoms with van der Waals surface area (Å²) in [6.45, 7) is 0.824. The first kappa shape index (κ1) is 17.3.